The molecule has 0 saturated carbocycles. The predicted octanol–water partition coefficient (Wildman–Crippen LogP) is -0.713. The molecule has 0 unspecified atom stereocenters. The Balaban J connectivity index is 2.46. The maximum atomic E-state index is 11.7. The molecule has 1 saturated heterocycles. The average molecular weight is 228 g/mol. The van der Waals surface area contributed by atoms with Gasteiger partial charge in [0, 0.05) is 13.5 Å². The van der Waals surface area contributed by atoms with E-state index in [9.17, 15) is 14.4 Å². The molecule has 0 aromatic rings. The number of esters is 1. The van der Waals surface area contributed by atoms with E-state index in [4.69, 9.17) is 0 Å². The van der Waals surface area contributed by atoms with Gasteiger partial charge in [-0.15, -0.1) is 0 Å². The Hall–Kier alpha value is -1.59. The fraction of sp³-hybridized carbons (Fsp3) is 0.700. The summed E-state index contributed by atoms with van der Waals surface area (Å²) in [7, 11) is 2.86. The van der Waals surface area contributed by atoms with E-state index < -0.39 is 12.0 Å². The number of rotatable bonds is 3. The molecular weight excluding hydrogens is 212 g/mol. The Kier molecular flexibility index (Phi) is 4.28. The van der Waals surface area contributed by atoms with Crippen molar-refractivity contribution in [1.29, 1.82) is 0 Å². The number of ether oxygens (including phenoxy) is 1. The first-order chi connectivity index (χ1) is 7.56. The van der Waals surface area contributed by atoms with Crippen molar-refractivity contribution < 1.29 is 19.1 Å². The van der Waals surface area contributed by atoms with Crippen LogP contribution in [-0.2, 0) is 19.1 Å². The molecule has 1 N–H and O–H groups in total. The van der Waals surface area contributed by atoms with E-state index in [1.807, 2.05) is 0 Å². The van der Waals surface area contributed by atoms with E-state index in [0.717, 1.165) is 0 Å². The molecule has 90 valence electrons. The van der Waals surface area contributed by atoms with Crippen LogP contribution in [0.3, 0.4) is 0 Å². The summed E-state index contributed by atoms with van der Waals surface area (Å²) in [5.74, 6) is -0.844. The third kappa shape index (κ3) is 2.95. The van der Waals surface area contributed by atoms with Gasteiger partial charge in [-0.3, -0.25) is 14.4 Å². The number of carbonyl (C=O) groups is 3. The highest BCUT2D eigenvalue weighted by molar-refractivity contribution is 5.90. The number of hydrogen-bond acceptors (Lipinski definition) is 4. The highest BCUT2D eigenvalue weighted by atomic mass is 16.5. The van der Waals surface area contributed by atoms with Crippen LogP contribution in [0.25, 0.3) is 0 Å². The van der Waals surface area contributed by atoms with Crippen molar-refractivity contribution in [2.45, 2.75) is 25.3 Å². The second-order valence-corrected chi connectivity index (χ2v) is 3.71. The molecule has 1 heterocycles. The monoisotopic (exact) mass is 228 g/mol. The van der Waals surface area contributed by atoms with Gasteiger partial charge in [-0.1, -0.05) is 0 Å². The van der Waals surface area contributed by atoms with Crippen molar-refractivity contribution in [1.82, 2.24) is 10.2 Å². The van der Waals surface area contributed by atoms with Gasteiger partial charge in [0.2, 0.25) is 11.8 Å². The van der Waals surface area contributed by atoms with E-state index in [0.29, 0.717) is 19.3 Å². The largest absolute Gasteiger partial charge is 0.468 e. The van der Waals surface area contributed by atoms with Crippen LogP contribution < -0.4 is 5.32 Å². The molecule has 0 radical (unpaired) electrons. The molecule has 1 fully saturated rings. The molecule has 0 aromatic carbocycles. The maximum Gasteiger partial charge on any atom is 0.325 e. The van der Waals surface area contributed by atoms with Gasteiger partial charge in [-0.05, 0) is 12.8 Å². The summed E-state index contributed by atoms with van der Waals surface area (Å²) in [6.45, 7) is -0.159. The van der Waals surface area contributed by atoms with Crippen molar-refractivity contribution in [3.63, 3.8) is 0 Å². The fourth-order valence-corrected chi connectivity index (χ4v) is 1.65. The third-order valence-electron chi connectivity index (χ3n) is 2.67. The molecule has 1 aliphatic rings. The first kappa shape index (κ1) is 12.5. The number of likely N-dealkylation sites (N-methyl/N-ethyl adjacent to an activating group) is 1. The highest BCUT2D eigenvalue weighted by Gasteiger charge is 2.30. The lowest BCUT2D eigenvalue weighted by atomic mass is 10.0. The number of hydrogen-bond donors (Lipinski definition) is 1. The summed E-state index contributed by atoms with van der Waals surface area (Å²) in [6.07, 6.45) is 1.83. The van der Waals surface area contributed by atoms with Gasteiger partial charge < -0.3 is 15.0 Å². The molecule has 16 heavy (non-hydrogen) atoms. The predicted molar refractivity (Wildman–Crippen MR) is 55.4 cm³/mol. The van der Waals surface area contributed by atoms with Crippen molar-refractivity contribution in [2.24, 2.45) is 0 Å². The third-order valence-corrected chi connectivity index (χ3v) is 2.67. The Morgan fingerprint density at radius 2 is 2.25 bits per heavy atom. The molecule has 1 aliphatic heterocycles. The van der Waals surface area contributed by atoms with Crippen LogP contribution in [0.4, 0.5) is 0 Å². The van der Waals surface area contributed by atoms with Crippen LogP contribution in [0.2, 0.25) is 0 Å². The van der Waals surface area contributed by atoms with E-state index in [1.165, 1.54) is 12.0 Å². The number of nitrogens with zero attached hydrogens (tertiary/aromatic N) is 1. The summed E-state index contributed by atoms with van der Waals surface area (Å²) in [4.78, 5) is 35.3. The van der Waals surface area contributed by atoms with Crippen molar-refractivity contribution in [3.8, 4) is 0 Å². The molecule has 0 aromatic heterocycles. The molecule has 0 aliphatic carbocycles. The molecular formula is C10H16N2O4. The quantitative estimate of drug-likeness (QED) is 0.647. The Bertz CT molecular complexity index is 303. The molecule has 0 bridgehead atoms. The molecule has 1 rings (SSSR count). The number of amides is 2. The van der Waals surface area contributed by atoms with Crippen molar-refractivity contribution >= 4 is 17.8 Å². The summed E-state index contributed by atoms with van der Waals surface area (Å²) < 4.78 is 4.40. The lowest BCUT2D eigenvalue weighted by Gasteiger charge is -2.31. The lowest BCUT2D eigenvalue weighted by molar-refractivity contribution is -0.144. The van der Waals surface area contributed by atoms with E-state index in [2.05, 4.69) is 10.1 Å². The molecule has 6 heteroatoms. The number of piperidine rings is 1. The van der Waals surface area contributed by atoms with Crippen LogP contribution in [0.15, 0.2) is 0 Å². The molecule has 2 amide bonds. The van der Waals surface area contributed by atoms with Crippen molar-refractivity contribution in [2.75, 3.05) is 20.7 Å². The van der Waals surface area contributed by atoms with Crippen molar-refractivity contribution in [3.05, 3.63) is 0 Å². The Labute approximate surface area is 93.9 Å². The van der Waals surface area contributed by atoms with E-state index >= 15 is 0 Å². The topological polar surface area (TPSA) is 75.7 Å². The first-order valence-corrected chi connectivity index (χ1v) is 5.16. The number of likely N-dealkylation sites (tertiary alicyclic amines) is 1. The number of carbonyl (C=O) groups excluding carboxylic acids is 3. The Morgan fingerprint density at radius 1 is 1.56 bits per heavy atom. The molecule has 0 spiro atoms. The zero-order valence-electron chi connectivity index (χ0n) is 9.49. The lowest BCUT2D eigenvalue weighted by Crippen LogP contribution is -2.50. The highest BCUT2D eigenvalue weighted by Crippen LogP contribution is 2.16. The van der Waals surface area contributed by atoms with Crippen LogP contribution in [-0.4, -0.2) is 49.4 Å². The zero-order valence-corrected chi connectivity index (χ0v) is 9.49. The smallest absolute Gasteiger partial charge is 0.325 e. The second-order valence-electron chi connectivity index (χ2n) is 3.71. The second kappa shape index (κ2) is 5.48. The maximum absolute atomic E-state index is 11.7. The standard InChI is InChI=1S/C10H16N2O4/c1-12-7(4-3-5-8(12)13)10(15)11-6-9(14)16-2/h7H,3-6H2,1-2H3,(H,11,15)/t7-/m0/s1. The SMILES string of the molecule is COC(=O)CNC(=O)[C@@H]1CCCC(=O)N1C. The van der Waals surface area contributed by atoms with Crippen LogP contribution in [0.1, 0.15) is 19.3 Å². The number of methoxy groups -OCH3 is 1. The molecule has 6 nitrogen and oxygen atoms in total. The minimum absolute atomic E-state index is 0.0375. The zero-order chi connectivity index (χ0) is 12.1. The Morgan fingerprint density at radius 3 is 2.88 bits per heavy atom. The summed E-state index contributed by atoms with van der Waals surface area (Å²) in [6, 6.07) is -0.467. The van der Waals surface area contributed by atoms with Gasteiger partial charge in [0.1, 0.15) is 12.6 Å². The van der Waals surface area contributed by atoms with Gasteiger partial charge in [0.15, 0.2) is 0 Å². The van der Waals surface area contributed by atoms with Gasteiger partial charge in [-0.25, -0.2) is 0 Å². The van der Waals surface area contributed by atoms with Gasteiger partial charge in [0.25, 0.3) is 0 Å². The fourth-order valence-electron chi connectivity index (χ4n) is 1.65. The summed E-state index contributed by atoms with van der Waals surface area (Å²) >= 11 is 0. The van der Waals surface area contributed by atoms with Gasteiger partial charge >= 0.3 is 5.97 Å². The van der Waals surface area contributed by atoms with Crippen LogP contribution in [0.5, 0.6) is 0 Å². The normalized spacial score (nSPS) is 20.5. The average Bonchev–Trinajstić information content (AvgIpc) is 2.29. The van der Waals surface area contributed by atoms with Gasteiger partial charge in [0.05, 0.1) is 7.11 Å². The van der Waals surface area contributed by atoms with Gasteiger partial charge in [-0.2, -0.15) is 0 Å². The first-order valence-electron chi connectivity index (χ1n) is 5.16. The number of nitrogens with one attached hydrogen (secondary N) is 1. The van der Waals surface area contributed by atoms with Crippen LogP contribution in [0, 0.1) is 0 Å². The minimum atomic E-state index is -0.502. The van der Waals surface area contributed by atoms with E-state index in [1.54, 1.807) is 7.05 Å². The molecule has 1 atom stereocenters. The summed E-state index contributed by atoms with van der Waals surface area (Å²) in [5, 5.41) is 2.45. The summed E-state index contributed by atoms with van der Waals surface area (Å²) in [5.41, 5.74) is 0. The van der Waals surface area contributed by atoms with E-state index in [-0.39, 0.29) is 18.4 Å². The minimum Gasteiger partial charge on any atom is -0.468 e. The van der Waals surface area contributed by atoms with Crippen LogP contribution >= 0.6 is 0 Å².